The maximum Gasteiger partial charge on any atom is 0.296 e. The quantitative estimate of drug-likeness (QED) is 0.454. The summed E-state index contributed by atoms with van der Waals surface area (Å²) in [7, 11) is 1.53. The summed E-state index contributed by atoms with van der Waals surface area (Å²) >= 11 is 5.07. The van der Waals surface area contributed by atoms with Gasteiger partial charge in [-0.15, -0.1) is 0 Å². The fourth-order valence-corrected chi connectivity index (χ4v) is 2.30. The zero-order valence-corrected chi connectivity index (χ0v) is 15.0. The van der Waals surface area contributed by atoms with Crippen molar-refractivity contribution < 1.29 is 19.2 Å². The Balaban J connectivity index is 2.08. The van der Waals surface area contributed by atoms with E-state index in [-0.39, 0.29) is 16.5 Å². The van der Waals surface area contributed by atoms with Crippen molar-refractivity contribution in [1.82, 2.24) is 5.32 Å². The normalized spacial score (nSPS) is 9.92. The molecule has 26 heavy (non-hydrogen) atoms. The molecule has 8 nitrogen and oxygen atoms in total. The lowest BCUT2D eigenvalue weighted by atomic mass is 10.2. The van der Waals surface area contributed by atoms with Crippen LogP contribution >= 0.6 is 12.2 Å². The van der Waals surface area contributed by atoms with Gasteiger partial charge in [-0.1, -0.05) is 0 Å². The number of nitrogens with zero attached hydrogens (tertiary/aromatic N) is 1. The van der Waals surface area contributed by atoms with Crippen LogP contribution in [0.3, 0.4) is 0 Å². The summed E-state index contributed by atoms with van der Waals surface area (Å²) in [4.78, 5) is 22.8. The van der Waals surface area contributed by atoms with Gasteiger partial charge in [0.05, 0.1) is 24.7 Å². The zero-order valence-electron chi connectivity index (χ0n) is 14.1. The van der Waals surface area contributed by atoms with Gasteiger partial charge in [0.15, 0.2) is 5.11 Å². The Labute approximate surface area is 155 Å². The molecular formula is C17H17N3O5S. The van der Waals surface area contributed by atoms with Gasteiger partial charge in [0.2, 0.25) is 0 Å². The highest BCUT2D eigenvalue weighted by Gasteiger charge is 2.17. The molecule has 0 unspecified atom stereocenters. The molecule has 0 fully saturated rings. The van der Waals surface area contributed by atoms with Crippen molar-refractivity contribution in [2.24, 2.45) is 0 Å². The number of ether oxygens (including phenoxy) is 2. The van der Waals surface area contributed by atoms with Crippen LogP contribution in [0, 0.1) is 10.1 Å². The first kappa shape index (κ1) is 19.1. The number of carbonyl (C=O) groups excluding carboxylic acids is 1. The summed E-state index contributed by atoms with van der Waals surface area (Å²) < 4.78 is 10.3. The van der Waals surface area contributed by atoms with Gasteiger partial charge in [-0.05, 0) is 55.5 Å². The first-order chi connectivity index (χ1) is 12.4. The second-order valence-electron chi connectivity index (χ2n) is 5.01. The van der Waals surface area contributed by atoms with Crippen molar-refractivity contribution >= 4 is 34.6 Å². The molecule has 0 aromatic heterocycles. The van der Waals surface area contributed by atoms with Crippen molar-refractivity contribution in [1.29, 1.82) is 0 Å². The van der Waals surface area contributed by atoms with Crippen LogP contribution in [0.25, 0.3) is 0 Å². The van der Waals surface area contributed by atoms with Crippen LogP contribution in [0.15, 0.2) is 42.5 Å². The molecule has 0 heterocycles. The van der Waals surface area contributed by atoms with Crippen molar-refractivity contribution in [3.63, 3.8) is 0 Å². The van der Waals surface area contributed by atoms with E-state index < -0.39 is 10.8 Å². The predicted octanol–water partition coefficient (Wildman–Crippen LogP) is 3.13. The number of nitro benzene ring substituents is 1. The van der Waals surface area contributed by atoms with Crippen LogP contribution in [0.1, 0.15) is 17.3 Å². The minimum atomic E-state index is -0.557. The highest BCUT2D eigenvalue weighted by Crippen LogP contribution is 2.29. The summed E-state index contributed by atoms with van der Waals surface area (Å²) in [6, 6.07) is 10.8. The number of methoxy groups -OCH3 is 1. The lowest BCUT2D eigenvalue weighted by Crippen LogP contribution is -2.34. The Morgan fingerprint density at radius 2 is 1.85 bits per heavy atom. The van der Waals surface area contributed by atoms with Gasteiger partial charge in [0.25, 0.3) is 11.6 Å². The maximum atomic E-state index is 12.2. The molecule has 2 N–H and O–H groups in total. The second-order valence-corrected chi connectivity index (χ2v) is 5.41. The monoisotopic (exact) mass is 375 g/mol. The molecule has 2 aromatic rings. The molecule has 0 spiro atoms. The number of amides is 1. The lowest BCUT2D eigenvalue weighted by molar-refractivity contribution is -0.384. The number of nitrogens with one attached hydrogen (secondary N) is 2. The van der Waals surface area contributed by atoms with Crippen LogP contribution < -0.4 is 20.1 Å². The number of hydrogen-bond acceptors (Lipinski definition) is 6. The van der Waals surface area contributed by atoms with Crippen molar-refractivity contribution in [3.05, 3.63) is 58.1 Å². The van der Waals surface area contributed by atoms with Gasteiger partial charge >= 0.3 is 0 Å². The fraction of sp³-hybridized carbons (Fsp3) is 0.176. The van der Waals surface area contributed by atoms with Gasteiger partial charge in [0.1, 0.15) is 17.2 Å². The average molecular weight is 375 g/mol. The first-order valence-electron chi connectivity index (χ1n) is 7.62. The topological polar surface area (TPSA) is 103 Å². The van der Waals surface area contributed by atoms with E-state index in [1.807, 2.05) is 0 Å². The average Bonchev–Trinajstić information content (AvgIpc) is 2.63. The van der Waals surface area contributed by atoms with Gasteiger partial charge < -0.3 is 14.8 Å². The van der Waals surface area contributed by atoms with E-state index in [2.05, 4.69) is 10.6 Å². The predicted molar refractivity (Wildman–Crippen MR) is 101 cm³/mol. The van der Waals surface area contributed by atoms with E-state index in [1.54, 1.807) is 37.3 Å². The first-order valence-corrected chi connectivity index (χ1v) is 8.03. The van der Waals surface area contributed by atoms with E-state index in [4.69, 9.17) is 21.7 Å². The lowest BCUT2D eigenvalue weighted by Gasteiger charge is -2.11. The van der Waals surface area contributed by atoms with Gasteiger partial charge in [0, 0.05) is 5.56 Å². The number of hydrogen-bond donors (Lipinski definition) is 2. The number of nitro groups is 1. The molecule has 2 rings (SSSR count). The maximum absolute atomic E-state index is 12.2. The highest BCUT2D eigenvalue weighted by molar-refractivity contribution is 7.80. The molecule has 0 aliphatic rings. The van der Waals surface area contributed by atoms with Crippen LogP contribution in [-0.4, -0.2) is 29.7 Å². The van der Waals surface area contributed by atoms with Crippen LogP contribution in [0.4, 0.5) is 11.4 Å². The van der Waals surface area contributed by atoms with Crippen molar-refractivity contribution in [2.45, 2.75) is 6.92 Å². The van der Waals surface area contributed by atoms with Crippen LogP contribution in [0.2, 0.25) is 0 Å². The number of rotatable bonds is 6. The van der Waals surface area contributed by atoms with Crippen LogP contribution in [0.5, 0.6) is 11.5 Å². The molecule has 2 aromatic carbocycles. The SMILES string of the molecule is CCOc1ccc(NC(=S)NC(=O)c2ccc(OC)cc2)c([N+](=O)[O-])c1. The summed E-state index contributed by atoms with van der Waals surface area (Å²) in [5.74, 6) is 0.545. The summed E-state index contributed by atoms with van der Waals surface area (Å²) in [6.45, 7) is 2.17. The molecule has 1 amide bonds. The molecule has 0 saturated heterocycles. The van der Waals surface area contributed by atoms with Crippen LogP contribution in [-0.2, 0) is 0 Å². The smallest absolute Gasteiger partial charge is 0.296 e. The second kappa shape index (κ2) is 8.77. The number of carbonyl (C=O) groups is 1. The van der Waals surface area contributed by atoms with Crippen molar-refractivity contribution in [3.8, 4) is 11.5 Å². The Kier molecular flexibility index (Phi) is 6.45. The van der Waals surface area contributed by atoms with Gasteiger partial charge in [-0.3, -0.25) is 20.2 Å². The molecule has 136 valence electrons. The molecular weight excluding hydrogens is 358 g/mol. The van der Waals surface area contributed by atoms with E-state index in [9.17, 15) is 14.9 Å². The number of benzene rings is 2. The van der Waals surface area contributed by atoms with E-state index in [1.165, 1.54) is 19.2 Å². The van der Waals surface area contributed by atoms with E-state index in [0.29, 0.717) is 23.7 Å². The minimum Gasteiger partial charge on any atom is -0.497 e. The molecule has 0 atom stereocenters. The third-order valence-electron chi connectivity index (χ3n) is 3.30. The molecule has 0 aliphatic heterocycles. The third-order valence-corrected chi connectivity index (χ3v) is 3.51. The largest absolute Gasteiger partial charge is 0.497 e. The Morgan fingerprint density at radius 1 is 1.19 bits per heavy atom. The Hall–Kier alpha value is -3.20. The van der Waals surface area contributed by atoms with E-state index >= 15 is 0 Å². The number of thiocarbonyl (C=S) groups is 1. The zero-order chi connectivity index (χ0) is 19.1. The molecule has 0 radical (unpaired) electrons. The standard InChI is InChI=1S/C17H17N3O5S/c1-3-25-13-8-9-14(15(10-13)20(22)23)18-17(26)19-16(21)11-4-6-12(24-2)7-5-11/h4-10H,3H2,1-2H3,(H2,18,19,21,26). The summed E-state index contributed by atoms with van der Waals surface area (Å²) in [5.41, 5.74) is 0.312. The molecule has 9 heteroatoms. The highest BCUT2D eigenvalue weighted by atomic mass is 32.1. The van der Waals surface area contributed by atoms with E-state index in [0.717, 1.165) is 0 Å². The molecule has 0 aliphatic carbocycles. The fourth-order valence-electron chi connectivity index (χ4n) is 2.10. The Bertz CT molecular complexity index is 824. The molecule has 0 bridgehead atoms. The minimum absolute atomic E-state index is 0.0573. The van der Waals surface area contributed by atoms with Gasteiger partial charge in [-0.25, -0.2) is 0 Å². The van der Waals surface area contributed by atoms with Gasteiger partial charge in [-0.2, -0.15) is 0 Å². The summed E-state index contributed by atoms with van der Waals surface area (Å²) in [6.07, 6.45) is 0. The van der Waals surface area contributed by atoms with Crippen molar-refractivity contribution in [2.75, 3.05) is 19.0 Å². The number of anilines is 1. The third kappa shape index (κ3) is 4.90. The Morgan fingerprint density at radius 3 is 2.42 bits per heavy atom. The molecule has 0 saturated carbocycles. The summed E-state index contributed by atoms with van der Waals surface area (Å²) in [5, 5.41) is 16.3.